The first-order valence-electron chi connectivity index (χ1n) is 23.1. The highest BCUT2D eigenvalue weighted by Gasteiger charge is 2.43. The number of hydrogen-bond donors (Lipinski definition) is 1. The number of carboxylic acid groups (broad SMARTS) is 1. The van der Waals surface area contributed by atoms with Gasteiger partial charge in [0.2, 0.25) is 11.8 Å². The highest BCUT2D eigenvalue weighted by atomic mass is 16.5. The molecule has 1 heterocycles. The van der Waals surface area contributed by atoms with Gasteiger partial charge in [-0.3, -0.25) is 28.9 Å². The number of benzene rings is 1. The quantitative estimate of drug-likeness (QED) is 0.0759. The molecular weight excluding hydrogens is 759 g/mol. The molecule has 11 heteroatoms. The molecule has 0 bridgehead atoms. The number of carboxylic acids is 1. The number of ketones is 2. The highest BCUT2D eigenvalue weighted by Crippen LogP contribution is 2.32. The van der Waals surface area contributed by atoms with Crippen LogP contribution < -0.4 is 0 Å². The van der Waals surface area contributed by atoms with Gasteiger partial charge >= 0.3 is 5.97 Å². The molecule has 1 fully saturated rings. The van der Waals surface area contributed by atoms with Gasteiger partial charge in [-0.1, -0.05) is 124 Å². The molecule has 1 saturated heterocycles. The van der Waals surface area contributed by atoms with E-state index in [0.29, 0.717) is 13.0 Å². The number of nitrogens with zero attached hydrogens (tertiary/aromatic N) is 3. The van der Waals surface area contributed by atoms with Crippen LogP contribution in [0.25, 0.3) is 0 Å². The summed E-state index contributed by atoms with van der Waals surface area (Å²) in [6.07, 6.45) is 8.32. The number of hydrogen-bond acceptors (Lipinski definition) is 8. The van der Waals surface area contributed by atoms with Crippen molar-refractivity contribution in [3.8, 4) is 0 Å². The van der Waals surface area contributed by atoms with E-state index < -0.39 is 42.0 Å². The fourth-order valence-electron chi connectivity index (χ4n) is 9.53. The Bertz CT molecular complexity index is 1450. The summed E-state index contributed by atoms with van der Waals surface area (Å²) in [6, 6.07) is 8.22. The molecule has 11 nitrogen and oxygen atoms in total. The molecule has 0 radical (unpaired) electrons. The predicted molar refractivity (Wildman–Crippen MR) is 240 cm³/mol. The lowest BCUT2D eigenvalue weighted by atomic mass is 9.83. The molecule has 1 aromatic carbocycles. The minimum absolute atomic E-state index is 0.0103. The van der Waals surface area contributed by atoms with E-state index >= 15 is 0 Å². The number of methoxy groups -OCH3 is 2. The maximum atomic E-state index is 14.6. The monoisotopic (exact) mass is 842 g/mol. The lowest BCUT2D eigenvalue weighted by Crippen LogP contribution is -2.54. The van der Waals surface area contributed by atoms with E-state index in [9.17, 15) is 29.1 Å². The zero-order valence-electron chi connectivity index (χ0n) is 39.5. The number of ether oxygens (including phenoxy) is 2. The number of carbonyl (C=O) groups is 5. The summed E-state index contributed by atoms with van der Waals surface area (Å²) in [5.41, 5.74) is 0.854. The topological polar surface area (TPSA) is 134 Å². The van der Waals surface area contributed by atoms with Crippen LogP contribution in [0.5, 0.6) is 0 Å². The predicted octanol–water partition coefficient (Wildman–Crippen LogP) is 8.36. The number of likely N-dealkylation sites (tertiary alicyclic amines) is 1. The van der Waals surface area contributed by atoms with Crippen molar-refractivity contribution < 1.29 is 38.6 Å². The van der Waals surface area contributed by atoms with E-state index in [1.165, 1.54) is 25.7 Å². The molecule has 0 saturated carbocycles. The molecule has 60 heavy (non-hydrogen) atoms. The molecule has 1 N–H and O–H groups in total. The molecule has 1 aliphatic rings. The first kappa shape index (κ1) is 53.0. The molecule has 9 atom stereocenters. The molecule has 0 spiro atoms. The second-order valence-corrected chi connectivity index (χ2v) is 18.4. The molecular formula is C49H83N3O8. The van der Waals surface area contributed by atoms with Crippen molar-refractivity contribution in [2.75, 3.05) is 41.4 Å². The average Bonchev–Trinajstić information content (AvgIpc) is 3.70. The number of carbonyl (C=O) groups excluding carboxylic acids is 4. The third kappa shape index (κ3) is 15.6. The Kier molecular flexibility index (Phi) is 23.9. The number of amides is 2. The van der Waals surface area contributed by atoms with Crippen LogP contribution in [0.3, 0.4) is 0 Å². The zero-order chi connectivity index (χ0) is 45.1. The Hall–Kier alpha value is -3.15. The molecule has 0 aromatic heterocycles. The third-order valence-electron chi connectivity index (χ3n) is 13.3. The highest BCUT2D eigenvalue weighted by molar-refractivity contribution is 5.90. The maximum absolute atomic E-state index is 14.6. The van der Waals surface area contributed by atoms with Crippen molar-refractivity contribution >= 4 is 29.4 Å². The van der Waals surface area contributed by atoms with Gasteiger partial charge in [-0.2, -0.15) is 0 Å². The van der Waals surface area contributed by atoms with Gasteiger partial charge in [0.15, 0.2) is 5.78 Å². The van der Waals surface area contributed by atoms with Gasteiger partial charge < -0.3 is 24.4 Å². The van der Waals surface area contributed by atoms with Crippen LogP contribution in [0, 0.1) is 35.5 Å². The number of likely N-dealkylation sites (N-methyl/N-ethyl adjacent to an activating group) is 2. The lowest BCUT2D eigenvalue weighted by molar-refractivity contribution is -0.149. The summed E-state index contributed by atoms with van der Waals surface area (Å²) in [5, 5.41) is 9.99. The van der Waals surface area contributed by atoms with Crippen LogP contribution in [0.2, 0.25) is 0 Å². The Labute approximate surface area is 363 Å². The first-order valence-corrected chi connectivity index (χ1v) is 23.1. The second kappa shape index (κ2) is 27.0. The van der Waals surface area contributed by atoms with Crippen molar-refractivity contribution in [2.45, 2.75) is 169 Å². The van der Waals surface area contributed by atoms with Crippen molar-refractivity contribution in [3.05, 3.63) is 35.9 Å². The van der Waals surface area contributed by atoms with E-state index in [0.717, 1.165) is 37.8 Å². The number of Topliss-reactive ketones (excluding diaryl/α,β-unsaturated/α-hetero) is 2. The van der Waals surface area contributed by atoms with Crippen molar-refractivity contribution in [2.24, 2.45) is 35.5 Å². The Morgan fingerprint density at radius 2 is 1.45 bits per heavy atom. The average molecular weight is 842 g/mol. The minimum Gasteiger partial charge on any atom is -0.481 e. The zero-order valence-corrected chi connectivity index (χ0v) is 39.5. The van der Waals surface area contributed by atoms with Crippen molar-refractivity contribution in [1.29, 1.82) is 0 Å². The molecule has 342 valence electrons. The Morgan fingerprint density at radius 3 is 2.00 bits per heavy atom. The van der Waals surface area contributed by atoms with Gasteiger partial charge in [0, 0.05) is 52.5 Å². The van der Waals surface area contributed by atoms with Gasteiger partial charge in [0.25, 0.3) is 0 Å². The van der Waals surface area contributed by atoms with Crippen LogP contribution in [0.15, 0.2) is 30.3 Å². The summed E-state index contributed by atoms with van der Waals surface area (Å²) in [6.45, 7) is 17.6. The normalized spacial score (nSPS) is 18.5. The van der Waals surface area contributed by atoms with Gasteiger partial charge in [-0.15, -0.1) is 0 Å². The smallest absolute Gasteiger partial charge is 0.307 e. The maximum Gasteiger partial charge on any atom is 0.307 e. The third-order valence-corrected chi connectivity index (χ3v) is 13.3. The molecule has 1 aliphatic heterocycles. The number of unbranched alkanes of at least 4 members (excludes halogenated alkanes) is 5. The summed E-state index contributed by atoms with van der Waals surface area (Å²) in [7, 11) is 6.94. The molecule has 2 rings (SSSR count). The summed E-state index contributed by atoms with van der Waals surface area (Å²) >= 11 is 0. The minimum atomic E-state index is -1.02. The van der Waals surface area contributed by atoms with E-state index in [-0.39, 0.29) is 78.9 Å². The molecule has 1 aromatic rings. The van der Waals surface area contributed by atoms with E-state index in [2.05, 4.69) is 39.5 Å². The van der Waals surface area contributed by atoms with Crippen molar-refractivity contribution in [1.82, 2.24) is 14.7 Å². The first-order chi connectivity index (χ1) is 28.4. The Morgan fingerprint density at radius 1 is 0.817 bits per heavy atom. The van der Waals surface area contributed by atoms with E-state index in [1.807, 2.05) is 51.2 Å². The van der Waals surface area contributed by atoms with Crippen LogP contribution in [0.4, 0.5) is 0 Å². The second-order valence-electron chi connectivity index (χ2n) is 18.4. The molecule has 0 aliphatic carbocycles. The van der Waals surface area contributed by atoms with Gasteiger partial charge in [0.05, 0.1) is 42.7 Å². The summed E-state index contributed by atoms with van der Waals surface area (Å²) < 4.78 is 12.0. The van der Waals surface area contributed by atoms with Crippen LogP contribution in [-0.4, -0.2) is 121 Å². The van der Waals surface area contributed by atoms with Gasteiger partial charge in [-0.05, 0) is 62.6 Å². The number of aliphatic carboxylic acids is 1. The fraction of sp³-hybridized carbons (Fsp3) is 0.776. The Balaban J connectivity index is 2.24. The van der Waals surface area contributed by atoms with E-state index in [4.69, 9.17) is 9.47 Å². The number of rotatable bonds is 30. The van der Waals surface area contributed by atoms with E-state index in [1.54, 1.807) is 38.0 Å². The van der Waals surface area contributed by atoms with Gasteiger partial charge in [0.1, 0.15) is 5.78 Å². The lowest BCUT2D eigenvalue weighted by Gasteiger charge is -2.41. The summed E-state index contributed by atoms with van der Waals surface area (Å²) in [5.74, 6) is -3.41. The van der Waals surface area contributed by atoms with Crippen LogP contribution in [-0.2, 0) is 39.9 Å². The standard InChI is InChI=1S/C49H83N3O8/c1-13-15-16-17-18-22-27-50(9)45(34(5)6)42(54)31-39(33(3)4)48(56)51(10)46(35(7)14-2)43(59-11)32-44(55)52-28-23-26-40(52)47(60-12)36(8)41(53)30-38(49(57)58)29-37-24-20-19-21-25-37/h19-21,24-25,33-36,38-40,43,45-47H,13-18,22-23,26-32H2,1-12H3,(H,57,58)/t35-,36-,38+,39-,40-,43+,45-,46-,47+/m0/s1. The van der Waals surface area contributed by atoms with Crippen LogP contribution in [0.1, 0.15) is 138 Å². The summed E-state index contributed by atoms with van der Waals surface area (Å²) in [4.78, 5) is 74.6. The molecule has 0 unspecified atom stereocenters. The van der Waals surface area contributed by atoms with Crippen LogP contribution >= 0.6 is 0 Å². The largest absolute Gasteiger partial charge is 0.481 e. The molecule has 2 amide bonds. The van der Waals surface area contributed by atoms with Crippen molar-refractivity contribution in [3.63, 3.8) is 0 Å². The SMILES string of the molecule is CCCCCCCCN(C)[C@H](C(=O)C[C@H](C(=O)N(C)[C@@H]([C@@H](C)CC)[C@@H](CC(=O)N1CCC[C@H]1[C@H](OC)[C@@H](C)C(=O)C[C@@H](Cc1ccccc1)C(=O)O)OC)C(C)C)C(C)C. The fourth-order valence-corrected chi connectivity index (χ4v) is 9.53. The van der Waals surface area contributed by atoms with Gasteiger partial charge in [-0.25, -0.2) is 0 Å².